The lowest BCUT2D eigenvalue weighted by Crippen LogP contribution is -2.48. The van der Waals surface area contributed by atoms with E-state index in [4.69, 9.17) is 0 Å². The number of pyridine rings is 2. The summed E-state index contributed by atoms with van der Waals surface area (Å²) in [7, 11) is 0. The van der Waals surface area contributed by atoms with Crippen LogP contribution in [0.4, 0.5) is 20.5 Å². The Labute approximate surface area is 213 Å². The van der Waals surface area contributed by atoms with E-state index < -0.39 is 11.6 Å². The van der Waals surface area contributed by atoms with Gasteiger partial charge in [0.25, 0.3) is 5.91 Å². The highest BCUT2D eigenvalue weighted by atomic mass is 19.1. The van der Waals surface area contributed by atoms with Gasteiger partial charge in [-0.3, -0.25) is 4.79 Å². The summed E-state index contributed by atoms with van der Waals surface area (Å²) in [5.74, 6) is -0.697. The van der Waals surface area contributed by atoms with Crippen LogP contribution in [0.2, 0.25) is 0 Å². The van der Waals surface area contributed by atoms with Gasteiger partial charge >= 0.3 is 0 Å². The molecule has 0 bridgehead atoms. The Balaban J connectivity index is 1.38. The number of amides is 1. The maximum Gasteiger partial charge on any atom is 0.255 e. The molecule has 192 valence electrons. The van der Waals surface area contributed by atoms with Crippen molar-refractivity contribution in [3.05, 3.63) is 60.2 Å². The number of carbonyl (C=O) groups is 1. The number of nitrogens with zero attached hydrogens (tertiary/aromatic N) is 7. The molecule has 4 aromatic heterocycles. The van der Waals surface area contributed by atoms with Gasteiger partial charge in [-0.25, -0.2) is 28.7 Å². The lowest BCUT2D eigenvalue weighted by Gasteiger charge is -2.34. The van der Waals surface area contributed by atoms with Crippen LogP contribution in [0.25, 0.3) is 22.3 Å². The molecule has 4 aromatic rings. The van der Waals surface area contributed by atoms with Gasteiger partial charge in [0.1, 0.15) is 23.0 Å². The van der Waals surface area contributed by atoms with E-state index in [1.807, 2.05) is 23.3 Å². The molecular formula is C26H28F2N8O. The predicted molar refractivity (Wildman–Crippen MR) is 137 cm³/mol. The standard InChI is InChI=1S/C26H28F2N8O/c1-4-34-7-9-35(10-8-34)25(37)17-5-6-22(29-12-17)32-26-31-14-21(28)23(33-26)20-15-36(16(2)3)24-19(20)11-18(27)13-30-24/h5-6,11-16H,4,7-10H2,1-3H3,(H,29,31,32,33). The van der Waals surface area contributed by atoms with Crippen LogP contribution in [0.1, 0.15) is 37.2 Å². The molecule has 1 fully saturated rings. The third-order valence-electron chi connectivity index (χ3n) is 6.55. The lowest BCUT2D eigenvalue weighted by atomic mass is 10.1. The number of aromatic nitrogens is 5. The van der Waals surface area contributed by atoms with Gasteiger partial charge in [-0.05, 0) is 38.6 Å². The number of hydrogen-bond acceptors (Lipinski definition) is 7. The molecule has 1 amide bonds. The Morgan fingerprint density at radius 1 is 1.05 bits per heavy atom. The number of nitrogens with one attached hydrogen (secondary N) is 1. The predicted octanol–water partition coefficient (Wildman–Crippen LogP) is 4.27. The van der Waals surface area contributed by atoms with E-state index in [9.17, 15) is 13.6 Å². The highest BCUT2D eigenvalue weighted by Gasteiger charge is 2.22. The fourth-order valence-corrected chi connectivity index (χ4v) is 4.46. The minimum Gasteiger partial charge on any atom is -0.336 e. The van der Waals surface area contributed by atoms with Crippen molar-refractivity contribution >= 4 is 28.7 Å². The lowest BCUT2D eigenvalue weighted by molar-refractivity contribution is 0.0643. The highest BCUT2D eigenvalue weighted by molar-refractivity contribution is 5.94. The molecule has 1 aliphatic rings. The zero-order valence-electron chi connectivity index (χ0n) is 20.9. The first kappa shape index (κ1) is 24.7. The SMILES string of the molecule is CCN1CCN(C(=O)c2ccc(Nc3ncc(F)c(-c4cn(C(C)C)c5ncc(F)cc45)n3)nc2)CC1. The number of rotatable bonds is 6. The molecule has 5 rings (SSSR count). The van der Waals surface area contributed by atoms with Crippen LogP contribution in [-0.2, 0) is 0 Å². The zero-order valence-corrected chi connectivity index (χ0v) is 20.9. The Bertz CT molecular complexity index is 1430. The van der Waals surface area contributed by atoms with Gasteiger partial charge in [0.15, 0.2) is 5.82 Å². The summed E-state index contributed by atoms with van der Waals surface area (Å²) < 4.78 is 30.7. The molecule has 0 aromatic carbocycles. The topological polar surface area (TPSA) is 92.1 Å². The first-order valence-electron chi connectivity index (χ1n) is 12.3. The molecule has 0 saturated carbocycles. The van der Waals surface area contributed by atoms with Crippen LogP contribution in [0, 0.1) is 11.6 Å². The number of likely N-dealkylation sites (N-methyl/N-ethyl adjacent to an activating group) is 1. The highest BCUT2D eigenvalue weighted by Crippen LogP contribution is 2.33. The van der Waals surface area contributed by atoms with E-state index in [-0.39, 0.29) is 23.6 Å². The molecule has 0 atom stereocenters. The third-order valence-corrected chi connectivity index (χ3v) is 6.55. The normalized spacial score (nSPS) is 14.5. The number of hydrogen-bond donors (Lipinski definition) is 1. The minimum atomic E-state index is -0.644. The van der Waals surface area contributed by atoms with Crippen molar-refractivity contribution in [3.63, 3.8) is 0 Å². The quantitative estimate of drug-likeness (QED) is 0.418. The summed E-state index contributed by atoms with van der Waals surface area (Å²) in [5.41, 5.74) is 1.47. The van der Waals surface area contributed by atoms with Crippen LogP contribution < -0.4 is 5.32 Å². The molecule has 37 heavy (non-hydrogen) atoms. The van der Waals surface area contributed by atoms with Gasteiger partial charge in [0, 0.05) is 55.6 Å². The second-order valence-electron chi connectivity index (χ2n) is 9.24. The second kappa shape index (κ2) is 10.2. The maximum atomic E-state index is 14.9. The summed E-state index contributed by atoms with van der Waals surface area (Å²) >= 11 is 0. The van der Waals surface area contributed by atoms with Crippen molar-refractivity contribution in [1.29, 1.82) is 0 Å². The summed E-state index contributed by atoms with van der Waals surface area (Å²) in [6, 6.07) is 4.70. The molecule has 11 heteroatoms. The summed E-state index contributed by atoms with van der Waals surface area (Å²) in [5, 5.41) is 3.42. The van der Waals surface area contributed by atoms with Gasteiger partial charge in [-0.1, -0.05) is 6.92 Å². The number of piperazine rings is 1. The van der Waals surface area contributed by atoms with Gasteiger partial charge in [-0.2, -0.15) is 0 Å². The molecule has 0 radical (unpaired) electrons. The van der Waals surface area contributed by atoms with Crippen LogP contribution in [-0.4, -0.2) is 72.9 Å². The monoisotopic (exact) mass is 506 g/mol. The van der Waals surface area contributed by atoms with E-state index in [2.05, 4.69) is 37.1 Å². The van der Waals surface area contributed by atoms with E-state index in [1.165, 1.54) is 12.3 Å². The largest absolute Gasteiger partial charge is 0.336 e. The fourth-order valence-electron chi connectivity index (χ4n) is 4.46. The number of fused-ring (bicyclic) bond motifs is 1. The van der Waals surface area contributed by atoms with Crippen molar-refractivity contribution in [1.82, 2.24) is 34.3 Å². The molecule has 1 N–H and O–H groups in total. The molecule has 0 unspecified atom stereocenters. The first-order valence-corrected chi connectivity index (χ1v) is 12.3. The molecule has 0 aliphatic carbocycles. The average molecular weight is 507 g/mol. The zero-order chi connectivity index (χ0) is 26.1. The van der Waals surface area contributed by atoms with Crippen LogP contribution in [0.5, 0.6) is 0 Å². The van der Waals surface area contributed by atoms with E-state index >= 15 is 0 Å². The average Bonchev–Trinajstić information content (AvgIpc) is 3.28. The van der Waals surface area contributed by atoms with Crippen LogP contribution in [0.3, 0.4) is 0 Å². The van der Waals surface area contributed by atoms with Gasteiger partial charge in [0.05, 0.1) is 18.0 Å². The molecular weight excluding hydrogens is 478 g/mol. The molecule has 0 spiro atoms. The molecule has 1 saturated heterocycles. The minimum absolute atomic E-state index is 0.0207. The van der Waals surface area contributed by atoms with E-state index in [1.54, 1.807) is 18.3 Å². The second-order valence-corrected chi connectivity index (χ2v) is 9.24. The summed E-state index contributed by atoms with van der Waals surface area (Å²) in [6.45, 7) is 10.1. The molecule has 5 heterocycles. The van der Waals surface area contributed by atoms with Gasteiger partial charge < -0.3 is 19.7 Å². The molecule has 1 aliphatic heterocycles. The smallest absolute Gasteiger partial charge is 0.255 e. The number of carbonyl (C=O) groups excluding carboxylic acids is 1. The van der Waals surface area contributed by atoms with Crippen LogP contribution in [0.15, 0.2) is 43.0 Å². The Kier molecular flexibility index (Phi) is 6.79. The number of anilines is 2. The molecule has 9 nitrogen and oxygen atoms in total. The first-order chi connectivity index (χ1) is 17.8. The van der Waals surface area contributed by atoms with E-state index in [0.29, 0.717) is 41.1 Å². The van der Waals surface area contributed by atoms with Crippen molar-refractivity contribution in [2.75, 3.05) is 38.0 Å². The van der Waals surface area contributed by atoms with Crippen molar-refractivity contribution in [3.8, 4) is 11.3 Å². The Morgan fingerprint density at radius 2 is 1.84 bits per heavy atom. The van der Waals surface area contributed by atoms with Crippen LogP contribution >= 0.6 is 0 Å². The van der Waals surface area contributed by atoms with Crippen molar-refractivity contribution in [2.24, 2.45) is 0 Å². The Hall–Kier alpha value is -3.99. The summed E-state index contributed by atoms with van der Waals surface area (Å²) in [6.07, 6.45) is 5.42. The van der Waals surface area contributed by atoms with E-state index in [0.717, 1.165) is 32.0 Å². The maximum absolute atomic E-state index is 14.9. The summed E-state index contributed by atoms with van der Waals surface area (Å²) in [4.78, 5) is 33.9. The van der Waals surface area contributed by atoms with Gasteiger partial charge in [0.2, 0.25) is 5.95 Å². The van der Waals surface area contributed by atoms with Crippen molar-refractivity contribution < 1.29 is 13.6 Å². The Morgan fingerprint density at radius 3 is 2.51 bits per heavy atom. The third kappa shape index (κ3) is 4.99. The number of halogens is 2. The van der Waals surface area contributed by atoms with Crippen molar-refractivity contribution in [2.45, 2.75) is 26.8 Å². The fraction of sp³-hybridized carbons (Fsp3) is 0.346. The van der Waals surface area contributed by atoms with Gasteiger partial charge in [-0.15, -0.1) is 0 Å².